The molecule has 0 bridgehead atoms. The SMILES string of the molecule is Cc1cccnc1-c1nccc(-c2cccnc2)n1. The van der Waals surface area contributed by atoms with Crippen molar-refractivity contribution in [2.75, 3.05) is 0 Å². The van der Waals surface area contributed by atoms with Crippen LogP contribution in [-0.2, 0) is 0 Å². The maximum Gasteiger partial charge on any atom is 0.178 e. The van der Waals surface area contributed by atoms with Crippen molar-refractivity contribution in [2.24, 2.45) is 0 Å². The van der Waals surface area contributed by atoms with Gasteiger partial charge in [-0.1, -0.05) is 6.07 Å². The smallest absolute Gasteiger partial charge is 0.178 e. The first-order chi connectivity index (χ1) is 9.34. The van der Waals surface area contributed by atoms with E-state index in [9.17, 15) is 0 Å². The lowest BCUT2D eigenvalue weighted by Gasteiger charge is -2.05. The number of nitrogens with zero attached hydrogens (tertiary/aromatic N) is 4. The quantitative estimate of drug-likeness (QED) is 0.699. The fourth-order valence-electron chi connectivity index (χ4n) is 1.87. The summed E-state index contributed by atoms with van der Waals surface area (Å²) in [5.41, 5.74) is 3.70. The van der Waals surface area contributed by atoms with Crippen LogP contribution in [0.3, 0.4) is 0 Å². The van der Waals surface area contributed by atoms with Gasteiger partial charge in [0.05, 0.1) is 5.69 Å². The van der Waals surface area contributed by atoms with E-state index in [1.165, 1.54) is 0 Å². The molecule has 3 heterocycles. The largest absolute Gasteiger partial charge is 0.264 e. The highest BCUT2D eigenvalue weighted by Gasteiger charge is 2.07. The Balaban J connectivity index is 2.09. The molecule has 0 saturated heterocycles. The molecule has 0 atom stereocenters. The van der Waals surface area contributed by atoms with Crippen LogP contribution in [0.5, 0.6) is 0 Å². The highest BCUT2D eigenvalue weighted by molar-refractivity contribution is 5.62. The van der Waals surface area contributed by atoms with E-state index in [1.54, 1.807) is 24.8 Å². The van der Waals surface area contributed by atoms with Crippen LogP contribution in [0.2, 0.25) is 0 Å². The topological polar surface area (TPSA) is 51.6 Å². The van der Waals surface area contributed by atoms with Gasteiger partial charge in [-0.2, -0.15) is 0 Å². The van der Waals surface area contributed by atoms with Crippen molar-refractivity contribution in [3.63, 3.8) is 0 Å². The maximum absolute atomic E-state index is 4.56. The molecule has 0 unspecified atom stereocenters. The van der Waals surface area contributed by atoms with E-state index in [-0.39, 0.29) is 0 Å². The summed E-state index contributed by atoms with van der Waals surface area (Å²) in [6, 6.07) is 9.65. The van der Waals surface area contributed by atoms with Crippen molar-refractivity contribution in [1.82, 2.24) is 19.9 Å². The molecule has 4 nitrogen and oxygen atoms in total. The van der Waals surface area contributed by atoms with Crippen molar-refractivity contribution in [1.29, 1.82) is 0 Å². The van der Waals surface area contributed by atoms with E-state index < -0.39 is 0 Å². The predicted molar refractivity (Wildman–Crippen MR) is 73.2 cm³/mol. The fourth-order valence-corrected chi connectivity index (χ4v) is 1.87. The highest BCUT2D eigenvalue weighted by Crippen LogP contribution is 2.20. The molecule has 0 saturated carbocycles. The predicted octanol–water partition coefficient (Wildman–Crippen LogP) is 2.91. The summed E-state index contributed by atoms with van der Waals surface area (Å²) in [6.45, 7) is 2.00. The zero-order valence-corrected chi connectivity index (χ0v) is 10.5. The van der Waals surface area contributed by atoms with Gasteiger partial charge in [-0.25, -0.2) is 9.97 Å². The van der Waals surface area contributed by atoms with Gasteiger partial charge in [0, 0.05) is 30.4 Å². The van der Waals surface area contributed by atoms with E-state index in [0.29, 0.717) is 5.82 Å². The number of rotatable bonds is 2. The summed E-state index contributed by atoms with van der Waals surface area (Å²) < 4.78 is 0. The minimum Gasteiger partial charge on any atom is -0.264 e. The van der Waals surface area contributed by atoms with Crippen LogP contribution in [0.25, 0.3) is 22.8 Å². The normalized spacial score (nSPS) is 10.4. The number of hydrogen-bond donors (Lipinski definition) is 0. The van der Waals surface area contributed by atoms with Gasteiger partial charge in [0.1, 0.15) is 5.69 Å². The molecule has 0 N–H and O–H groups in total. The van der Waals surface area contributed by atoms with Gasteiger partial charge in [0.15, 0.2) is 5.82 Å². The third kappa shape index (κ3) is 2.33. The van der Waals surface area contributed by atoms with Crippen molar-refractivity contribution in [2.45, 2.75) is 6.92 Å². The monoisotopic (exact) mass is 248 g/mol. The average molecular weight is 248 g/mol. The van der Waals surface area contributed by atoms with Crippen LogP contribution in [0.1, 0.15) is 5.56 Å². The van der Waals surface area contributed by atoms with E-state index in [1.807, 2.05) is 37.3 Å². The zero-order valence-electron chi connectivity index (χ0n) is 10.5. The summed E-state index contributed by atoms with van der Waals surface area (Å²) in [5.74, 6) is 0.638. The molecule has 3 aromatic rings. The lowest BCUT2D eigenvalue weighted by atomic mass is 10.2. The van der Waals surface area contributed by atoms with Crippen LogP contribution < -0.4 is 0 Å². The molecular weight excluding hydrogens is 236 g/mol. The Hall–Kier alpha value is -2.62. The Morgan fingerprint density at radius 3 is 2.58 bits per heavy atom. The minimum absolute atomic E-state index is 0.638. The first-order valence-corrected chi connectivity index (χ1v) is 6.00. The van der Waals surface area contributed by atoms with Crippen LogP contribution in [0.4, 0.5) is 0 Å². The Bertz CT molecular complexity index is 695. The molecular formula is C15H12N4. The van der Waals surface area contributed by atoms with E-state index in [4.69, 9.17) is 0 Å². The van der Waals surface area contributed by atoms with Crippen LogP contribution >= 0.6 is 0 Å². The first kappa shape index (κ1) is 11.5. The number of hydrogen-bond acceptors (Lipinski definition) is 4. The molecule has 19 heavy (non-hydrogen) atoms. The molecule has 0 amide bonds. The zero-order chi connectivity index (χ0) is 13.1. The molecule has 0 spiro atoms. The maximum atomic E-state index is 4.56. The molecule has 0 aromatic carbocycles. The minimum atomic E-state index is 0.638. The van der Waals surface area contributed by atoms with Gasteiger partial charge in [-0.3, -0.25) is 9.97 Å². The van der Waals surface area contributed by atoms with Crippen molar-refractivity contribution in [3.8, 4) is 22.8 Å². The second-order valence-electron chi connectivity index (χ2n) is 4.18. The number of aryl methyl sites for hydroxylation is 1. The van der Waals surface area contributed by atoms with E-state index >= 15 is 0 Å². The van der Waals surface area contributed by atoms with Gasteiger partial charge in [0.2, 0.25) is 0 Å². The Morgan fingerprint density at radius 1 is 0.895 bits per heavy atom. The number of pyridine rings is 2. The first-order valence-electron chi connectivity index (χ1n) is 6.00. The van der Waals surface area contributed by atoms with Crippen molar-refractivity contribution in [3.05, 3.63) is 60.7 Å². The second kappa shape index (κ2) is 4.94. The summed E-state index contributed by atoms with van der Waals surface area (Å²) in [7, 11) is 0. The third-order valence-electron chi connectivity index (χ3n) is 2.83. The summed E-state index contributed by atoms with van der Waals surface area (Å²) in [6.07, 6.45) is 7.03. The second-order valence-corrected chi connectivity index (χ2v) is 4.18. The molecule has 0 aliphatic rings. The van der Waals surface area contributed by atoms with Gasteiger partial charge >= 0.3 is 0 Å². The average Bonchev–Trinajstić information content (AvgIpc) is 2.49. The van der Waals surface area contributed by atoms with E-state index in [2.05, 4.69) is 19.9 Å². The van der Waals surface area contributed by atoms with Gasteiger partial charge in [0.25, 0.3) is 0 Å². The molecule has 4 heteroatoms. The molecule has 92 valence electrons. The number of aromatic nitrogens is 4. The lowest BCUT2D eigenvalue weighted by Crippen LogP contribution is -1.95. The van der Waals surface area contributed by atoms with Crippen molar-refractivity contribution >= 4 is 0 Å². The van der Waals surface area contributed by atoms with Gasteiger partial charge in [-0.05, 0) is 36.8 Å². The highest BCUT2D eigenvalue weighted by atomic mass is 14.9. The molecule has 0 radical (unpaired) electrons. The molecule has 0 aliphatic heterocycles. The Kier molecular flexibility index (Phi) is 2.98. The van der Waals surface area contributed by atoms with Gasteiger partial charge < -0.3 is 0 Å². The van der Waals surface area contributed by atoms with Crippen LogP contribution in [0, 0.1) is 6.92 Å². The molecule has 3 aromatic heterocycles. The molecule has 3 rings (SSSR count). The van der Waals surface area contributed by atoms with Crippen molar-refractivity contribution < 1.29 is 0 Å². The summed E-state index contributed by atoms with van der Waals surface area (Å²) in [5, 5.41) is 0. The summed E-state index contributed by atoms with van der Waals surface area (Å²) >= 11 is 0. The van der Waals surface area contributed by atoms with Gasteiger partial charge in [-0.15, -0.1) is 0 Å². The standard InChI is InChI=1S/C15H12N4/c1-11-4-2-8-17-14(11)15-18-9-6-13(19-15)12-5-3-7-16-10-12/h2-10H,1H3. The lowest BCUT2D eigenvalue weighted by molar-refractivity contribution is 1.12. The Morgan fingerprint density at radius 2 is 1.79 bits per heavy atom. The fraction of sp³-hybridized carbons (Fsp3) is 0.0667. The summed E-state index contributed by atoms with van der Waals surface area (Å²) in [4.78, 5) is 17.3. The van der Waals surface area contributed by atoms with E-state index in [0.717, 1.165) is 22.5 Å². The molecule has 0 fully saturated rings. The van der Waals surface area contributed by atoms with Crippen LogP contribution in [-0.4, -0.2) is 19.9 Å². The molecule has 0 aliphatic carbocycles. The Labute approximate surface area is 111 Å². The third-order valence-corrected chi connectivity index (χ3v) is 2.83. The van der Waals surface area contributed by atoms with Crippen LogP contribution in [0.15, 0.2) is 55.1 Å².